The first-order valence-corrected chi connectivity index (χ1v) is 3.78. The zero-order valence-corrected chi connectivity index (χ0v) is 7.05. The van der Waals surface area contributed by atoms with E-state index in [0.717, 1.165) is 17.8 Å². The van der Waals surface area contributed by atoms with E-state index in [1.54, 1.807) is 0 Å². The zero-order valence-electron chi connectivity index (χ0n) is 7.05. The summed E-state index contributed by atoms with van der Waals surface area (Å²) in [5.41, 5.74) is 1.87. The molecule has 0 bridgehead atoms. The van der Waals surface area contributed by atoms with Crippen LogP contribution >= 0.6 is 0 Å². The molecule has 2 nitrogen and oxygen atoms in total. The molecule has 1 heterocycles. The number of carbonyl (C=O) groups excluding carboxylic acids is 1. The highest BCUT2D eigenvalue weighted by atomic mass is 16.1. The number of hydrogen-bond donors (Lipinski definition) is 0. The van der Waals surface area contributed by atoms with E-state index >= 15 is 0 Å². The van der Waals surface area contributed by atoms with Gasteiger partial charge in [-0.2, -0.15) is 0 Å². The summed E-state index contributed by atoms with van der Waals surface area (Å²) in [6.45, 7) is 6.79. The predicted octanol–water partition coefficient (Wildman–Crippen LogP) is 1.23. The standard InChI is InChI=1S/C9H13NO/c1-7-5-10(3)8(2)4-9(7)6-11/h7H,2,4-5H2,1,3H3. The average molecular weight is 151 g/mol. The van der Waals surface area contributed by atoms with Crippen LogP contribution in [0.2, 0.25) is 0 Å². The van der Waals surface area contributed by atoms with Crippen molar-refractivity contribution < 1.29 is 4.79 Å². The maximum atomic E-state index is 10.4. The fourth-order valence-corrected chi connectivity index (χ4v) is 1.32. The normalized spacial score (nSPS) is 25.3. The Morgan fingerprint density at radius 3 is 2.91 bits per heavy atom. The van der Waals surface area contributed by atoms with Crippen molar-refractivity contribution in [3.05, 3.63) is 17.8 Å². The SMILES string of the molecule is C=C1CC(=C=O)C(C)CN1C. The topological polar surface area (TPSA) is 20.3 Å². The Bertz CT molecular complexity index is 226. The Balaban J connectivity index is 2.78. The second-order valence-electron chi connectivity index (χ2n) is 3.15. The van der Waals surface area contributed by atoms with Crippen molar-refractivity contribution in [2.75, 3.05) is 13.6 Å². The molecular weight excluding hydrogens is 138 g/mol. The summed E-state index contributed by atoms with van der Waals surface area (Å²) < 4.78 is 0. The maximum Gasteiger partial charge on any atom is 0.124 e. The second kappa shape index (κ2) is 2.93. The van der Waals surface area contributed by atoms with Crippen LogP contribution in [0, 0.1) is 5.92 Å². The first-order chi connectivity index (χ1) is 5.15. The molecule has 0 aromatic rings. The van der Waals surface area contributed by atoms with E-state index in [2.05, 4.69) is 11.5 Å². The summed E-state index contributed by atoms with van der Waals surface area (Å²) in [5.74, 6) is 2.32. The van der Waals surface area contributed by atoms with E-state index in [1.807, 2.05) is 19.9 Å². The molecule has 0 aliphatic carbocycles. The quantitative estimate of drug-likeness (QED) is 0.485. The van der Waals surface area contributed by atoms with Gasteiger partial charge in [0.05, 0.1) is 0 Å². The number of allylic oxidation sites excluding steroid dienone is 1. The molecule has 0 aromatic heterocycles. The number of rotatable bonds is 0. The van der Waals surface area contributed by atoms with E-state index in [0.29, 0.717) is 12.3 Å². The van der Waals surface area contributed by atoms with Gasteiger partial charge in [-0.3, -0.25) is 0 Å². The van der Waals surface area contributed by atoms with Crippen LogP contribution in [0.5, 0.6) is 0 Å². The van der Waals surface area contributed by atoms with Crippen LogP contribution in [-0.2, 0) is 4.79 Å². The lowest BCUT2D eigenvalue weighted by atomic mass is 9.93. The van der Waals surface area contributed by atoms with Crippen LogP contribution in [0.25, 0.3) is 0 Å². The summed E-state index contributed by atoms with van der Waals surface area (Å²) in [6.07, 6.45) is 0.696. The molecule has 11 heavy (non-hydrogen) atoms. The number of likely N-dealkylation sites (tertiary alicyclic amines) is 1. The largest absolute Gasteiger partial charge is 0.377 e. The van der Waals surface area contributed by atoms with Crippen LogP contribution in [-0.4, -0.2) is 24.4 Å². The molecule has 0 radical (unpaired) electrons. The minimum Gasteiger partial charge on any atom is -0.377 e. The third-order valence-electron chi connectivity index (χ3n) is 2.21. The lowest BCUT2D eigenvalue weighted by Gasteiger charge is -2.31. The van der Waals surface area contributed by atoms with Gasteiger partial charge >= 0.3 is 0 Å². The number of piperidine rings is 1. The van der Waals surface area contributed by atoms with Gasteiger partial charge in [-0.15, -0.1) is 0 Å². The molecule has 2 heteroatoms. The van der Waals surface area contributed by atoms with Gasteiger partial charge in [0.25, 0.3) is 0 Å². The van der Waals surface area contributed by atoms with Gasteiger partial charge in [0.1, 0.15) is 5.94 Å². The second-order valence-corrected chi connectivity index (χ2v) is 3.15. The van der Waals surface area contributed by atoms with E-state index in [9.17, 15) is 4.79 Å². The summed E-state index contributed by atoms with van der Waals surface area (Å²) in [4.78, 5) is 12.5. The first-order valence-electron chi connectivity index (χ1n) is 3.78. The van der Waals surface area contributed by atoms with Gasteiger partial charge in [0.15, 0.2) is 0 Å². The van der Waals surface area contributed by atoms with Crippen molar-refractivity contribution in [3.63, 3.8) is 0 Å². The summed E-state index contributed by atoms with van der Waals surface area (Å²) >= 11 is 0. The van der Waals surface area contributed by atoms with Crippen molar-refractivity contribution in [1.82, 2.24) is 4.90 Å². The third-order valence-corrected chi connectivity index (χ3v) is 2.21. The predicted molar refractivity (Wildman–Crippen MR) is 44.8 cm³/mol. The van der Waals surface area contributed by atoms with E-state index < -0.39 is 0 Å². The first kappa shape index (κ1) is 8.09. The molecular formula is C9H13NO. The monoisotopic (exact) mass is 151 g/mol. The molecule has 1 unspecified atom stereocenters. The Hall–Kier alpha value is -1.01. The average Bonchev–Trinajstić information content (AvgIpc) is 1.97. The Morgan fingerprint density at radius 2 is 2.36 bits per heavy atom. The fourth-order valence-electron chi connectivity index (χ4n) is 1.32. The molecule has 1 saturated heterocycles. The van der Waals surface area contributed by atoms with Crippen LogP contribution in [0.1, 0.15) is 13.3 Å². The molecule has 0 N–H and O–H groups in total. The van der Waals surface area contributed by atoms with E-state index in [1.165, 1.54) is 0 Å². The van der Waals surface area contributed by atoms with Crippen LogP contribution < -0.4 is 0 Å². The van der Waals surface area contributed by atoms with Gasteiger partial charge in [0.2, 0.25) is 0 Å². The van der Waals surface area contributed by atoms with Gasteiger partial charge in [-0.05, 0) is 0 Å². The van der Waals surface area contributed by atoms with Gasteiger partial charge < -0.3 is 4.90 Å². The Morgan fingerprint density at radius 1 is 1.73 bits per heavy atom. The molecule has 1 fully saturated rings. The van der Waals surface area contributed by atoms with Crippen LogP contribution in [0.4, 0.5) is 0 Å². The van der Waals surface area contributed by atoms with Crippen molar-refractivity contribution in [1.29, 1.82) is 0 Å². The molecule has 0 saturated carbocycles. The Labute approximate surface area is 67.2 Å². The van der Waals surface area contributed by atoms with Gasteiger partial charge in [-0.25, -0.2) is 4.79 Å². The highest BCUT2D eigenvalue weighted by Gasteiger charge is 2.20. The van der Waals surface area contributed by atoms with E-state index in [4.69, 9.17) is 0 Å². The fraction of sp³-hybridized carbons (Fsp3) is 0.556. The summed E-state index contributed by atoms with van der Waals surface area (Å²) in [7, 11) is 2.00. The summed E-state index contributed by atoms with van der Waals surface area (Å²) in [5, 5.41) is 0. The lowest BCUT2D eigenvalue weighted by molar-refractivity contribution is 0.330. The summed E-state index contributed by atoms with van der Waals surface area (Å²) in [6, 6.07) is 0. The van der Waals surface area contributed by atoms with Gasteiger partial charge in [-0.1, -0.05) is 13.5 Å². The molecule has 0 aromatic carbocycles. The molecule has 1 atom stereocenters. The van der Waals surface area contributed by atoms with Crippen molar-refractivity contribution in [3.8, 4) is 0 Å². The smallest absolute Gasteiger partial charge is 0.124 e. The molecule has 60 valence electrons. The minimum atomic E-state index is 0.336. The maximum absolute atomic E-state index is 10.4. The highest BCUT2D eigenvalue weighted by Crippen LogP contribution is 2.24. The Kier molecular flexibility index (Phi) is 2.16. The highest BCUT2D eigenvalue weighted by molar-refractivity contribution is 5.55. The molecule has 0 amide bonds. The molecule has 1 rings (SSSR count). The lowest BCUT2D eigenvalue weighted by Crippen LogP contribution is -2.30. The van der Waals surface area contributed by atoms with Crippen molar-refractivity contribution >= 4 is 5.94 Å². The van der Waals surface area contributed by atoms with Crippen molar-refractivity contribution in [2.45, 2.75) is 13.3 Å². The zero-order chi connectivity index (χ0) is 8.43. The van der Waals surface area contributed by atoms with E-state index in [-0.39, 0.29) is 0 Å². The van der Waals surface area contributed by atoms with Crippen LogP contribution in [0.3, 0.4) is 0 Å². The molecule has 1 aliphatic heterocycles. The van der Waals surface area contributed by atoms with Crippen LogP contribution in [0.15, 0.2) is 17.8 Å². The number of hydrogen-bond acceptors (Lipinski definition) is 2. The molecule has 1 aliphatic rings. The number of nitrogens with zero attached hydrogens (tertiary/aromatic N) is 1. The third kappa shape index (κ3) is 1.52. The molecule has 0 spiro atoms. The minimum absolute atomic E-state index is 0.336. The van der Waals surface area contributed by atoms with Gasteiger partial charge in [0, 0.05) is 37.2 Å². The van der Waals surface area contributed by atoms with Crippen molar-refractivity contribution in [2.24, 2.45) is 5.92 Å².